The molecule has 1 heterocycles. The molecule has 9 nitrogen and oxygen atoms in total. The maximum Gasteiger partial charge on any atom is 0.337 e. The predicted octanol–water partition coefficient (Wildman–Crippen LogP) is 4.36. The zero-order valence-electron chi connectivity index (χ0n) is 21.7. The third-order valence-electron chi connectivity index (χ3n) is 5.98. The summed E-state index contributed by atoms with van der Waals surface area (Å²) in [5.74, 6) is -0.884. The minimum absolute atomic E-state index is 0.0767. The quantitative estimate of drug-likeness (QED) is 0.132. The van der Waals surface area contributed by atoms with Crippen molar-refractivity contribution >= 4 is 34.2 Å². The molecule has 0 saturated carbocycles. The lowest BCUT2D eigenvalue weighted by atomic mass is 10.00. The SMILES string of the molecule is COC(=O)c1ccc2c(C(=Nc3ccc(C(=O)NOCCN(C)C)c(C)c3)c3ccccc3)c(O)[nH]c2c1. The van der Waals surface area contributed by atoms with Crippen molar-refractivity contribution in [3.63, 3.8) is 0 Å². The first-order valence-corrected chi connectivity index (χ1v) is 12.0. The molecule has 0 unspecified atom stereocenters. The van der Waals surface area contributed by atoms with Gasteiger partial charge < -0.3 is 19.7 Å². The number of likely N-dealkylation sites (N-methyl/N-ethyl adjacent to an activating group) is 1. The molecule has 3 aromatic carbocycles. The molecular weight excluding hydrogens is 484 g/mol. The maximum atomic E-state index is 12.6. The minimum atomic E-state index is -0.470. The summed E-state index contributed by atoms with van der Waals surface area (Å²) in [5.41, 5.74) is 7.02. The topological polar surface area (TPSA) is 116 Å². The van der Waals surface area contributed by atoms with Crippen molar-refractivity contribution in [2.75, 3.05) is 34.4 Å². The Morgan fingerprint density at radius 1 is 1.03 bits per heavy atom. The van der Waals surface area contributed by atoms with Gasteiger partial charge in [0.15, 0.2) is 5.88 Å². The Kier molecular flexibility index (Phi) is 8.20. The van der Waals surface area contributed by atoms with Crippen LogP contribution < -0.4 is 5.48 Å². The largest absolute Gasteiger partial charge is 0.494 e. The number of nitrogens with zero attached hydrogens (tertiary/aromatic N) is 2. The number of hydroxylamine groups is 1. The van der Waals surface area contributed by atoms with E-state index in [-0.39, 0.29) is 11.8 Å². The molecule has 0 saturated heterocycles. The van der Waals surface area contributed by atoms with E-state index < -0.39 is 5.97 Å². The van der Waals surface area contributed by atoms with Gasteiger partial charge in [0.25, 0.3) is 5.91 Å². The van der Waals surface area contributed by atoms with Crippen LogP contribution in [0, 0.1) is 6.92 Å². The lowest BCUT2D eigenvalue weighted by Crippen LogP contribution is -2.28. The highest BCUT2D eigenvalue weighted by Gasteiger charge is 2.20. The first-order chi connectivity index (χ1) is 18.3. The van der Waals surface area contributed by atoms with Crippen LogP contribution in [0.5, 0.6) is 5.88 Å². The van der Waals surface area contributed by atoms with E-state index in [1.807, 2.05) is 56.3 Å². The van der Waals surface area contributed by atoms with Gasteiger partial charge >= 0.3 is 5.97 Å². The number of aliphatic imine (C=N–C) groups is 1. The highest BCUT2D eigenvalue weighted by atomic mass is 16.7. The standard InChI is InChI=1S/C29H30N4O5/c1-18-16-21(11-13-22(18)27(34)32-38-15-14-33(2)3)30-26(19-8-6-5-7-9-19)25-23-12-10-20(29(36)37-4)17-24(23)31-28(25)35/h5-13,16-17,31,35H,14-15H2,1-4H3,(H,32,34). The van der Waals surface area contributed by atoms with Gasteiger partial charge in [0, 0.05) is 28.6 Å². The van der Waals surface area contributed by atoms with Crippen molar-refractivity contribution in [1.82, 2.24) is 15.4 Å². The zero-order valence-corrected chi connectivity index (χ0v) is 21.7. The zero-order chi connectivity index (χ0) is 27.2. The summed E-state index contributed by atoms with van der Waals surface area (Å²) in [6.07, 6.45) is 0. The van der Waals surface area contributed by atoms with Crippen LogP contribution in [-0.4, -0.2) is 66.9 Å². The Bertz CT molecular complexity index is 1490. The summed E-state index contributed by atoms with van der Waals surface area (Å²) in [4.78, 5) is 39.6. The predicted molar refractivity (Wildman–Crippen MR) is 146 cm³/mol. The maximum absolute atomic E-state index is 12.6. The lowest BCUT2D eigenvalue weighted by molar-refractivity contribution is 0.0262. The normalized spacial score (nSPS) is 11.7. The molecule has 196 valence electrons. The highest BCUT2D eigenvalue weighted by Crippen LogP contribution is 2.32. The number of carbonyl (C=O) groups is 2. The molecule has 0 bridgehead atoms. The number of hydrogen-bond donors (Lipinski definition) is 3. The first kappa shape index (κ1) is 26.6. The van der Waals surface area contributed by atoms with E-state index in [0.29, 0.717) is 52.1 Å². The number of amides is 1. The smallest absolute Gasteiger partial charge is 0.337 e. The Labute approximate surface area is 220 Å². The van der Waals surface area contributed by atoms with Gasteiger partial charge in [0.1, 0.15) is 0 Å². The van der Waals surface area contributed by atoms with Crippen molar-refractivity contribution < 1.29 is 24.3 Å². The second kappa shape index (κ2) is 11.7. The average Bonchev–Trinajstić information content (AvgIpc) is 3.24. The fourth-order valence-corrected chi connectivity index (χ4v) is 4.03. The Balaban J connectivity index is 1.72. The van der Waals surface area contributed by atoms with E-state index in [1.54, 1.807) is 36.4 Å². The molecule has 0 spiro atoms. The molecule has 1 aromatic heterocycles. The van der Waals surface area contributed by atoms with Gasteiger partial charge in [-0.2, -0.15) is 0 Å². The van der Waals surface area contributed by atoms with Crippen molar-refractivity contribution in [3.05, 3.63) is 94.5 Å². The number of H-pyrrole nitrogens is 1. The molecule has 3 N–H and O–H groups in total. The fourth-order valence-electron chi connectivity index (χ4n) is 4.03. The molecule has 0 fully saturated rings. The van der Waals surface area contributed by atoms with Gasteiger partial charge in [0.05, 0.1) is 36.2 Å². The van der Waals surface area contributed by atoms with E-state index in [2.05, 4.69) is 10.5 Å². The third-order valence-corrected chi connectivity index (χ3v) is 5.98. The fraction of sp³-hybridized carbons (Fsp3) is 0.207. The third kappa shape index (κ3) is 5.91. The minimum Gasteiger partial charge on any atom is -0.494 e. The van der Waals surface area contributed by atoms with Crippen LogP contribution in [0.3, 0.4) is 0 Å². The summed E-state index contributed by atoms with van der Waals surface area (Å²) in [6, 6.07) is 19.7. The summed E-state index contributed by atoms with van der Waals surface area (Å²) in [5, 5.41) is 11.6. The van der Waals surface area contributed by atoms with Gasteiger partial charge in [-0.05, 0) is 56.9 Å². The van der Waals surface area contributed by atoms with Crippen molar-refractivity contribution in [1.29, 1.82) is 0 Å². The summed E-state index contributed by atoms with van der Waals surface area (Å²) in [7, 11) is 5.17. The number of methoxy groups -OCH3 is 1. The van der Waals surface area contributed by atoms with E-state index in [9.17, 15) is 14.7 Å². The number of aromatic hydroxyl groups is 1. The summed E-state index contributed by atoms with van der Waals surface area (Å²) < 4.78 is 4.82. The molecule has 0 atom stereocenters. The molecule has 0 aliphatic carbocycles. The number of hydrogen-bond acceptors (Lipinski definition) is 7. The van der Waals surface area contributed by atoms with Crippen molar-refractivity contribution in [2.24, 2.45) is 4.99 Å². The van der Waals surface area contributed by atoms with E-state index in [4.69, 9.17) is 14.6 Å². The van der Waals surface area contributed by atoms with E-state index >= 15 is 0 Å². The van der Waals surface area contributed by atoms with E-state index in [0.717, 1.165) is 11.1 Å². The van der Waals surface area contributed by atoms with Gasteiger partial charge in [-0.15, -0.1) is 0 Å². The number of aryl methyl sites for hydroxylation is 1. The molecule has 9 heteroatoms. The number of benzene rings is 3. The number of rotatable bonds is 9. The number of nitrogens with one attached hydrogen (secondary N) is 2. The molecule has 0 aliphatic heterocycles. The average molecular weight is 515 g/mol. The van der Waals surface area contributed by atoms with Gasteiger partial charge in [0.2, 0.25) is 0 Å². The number of fused-ring (bicyclic) bond motifs is 1. The molecule has 0 radical (unpaired) electrons. The number of carbonyl (C=O) groups excluding carboxylic acids is 2. The van der Waals surface area contributed by atoms with Gasteiger partial charge in [-0.3, -0.25) is 9.63 Å². The first-order valence-electron chi connectivity index (χ1n) is 12.0. The van der Waals surface area contributed by atoms with Crippen molar-refractivity contribution in [2.45, 2.75) is 6.92 Å². The van der Waals surface area contributed by atoms with Crippen molar-refractivity contribution in [3.8, 4) is 5.88 Å². The Morgan fingerprint density at radius 2 is 1.79 bits per heavy atom. The van der Waals surface area contributed by atoms with Gasteiger partial charge in [-0.25, -0.2) is 15.3 Å². The molecule has 0 aliphatic rings. The monoisotopic (exact) mass is 514 g/mol. The highest BCUT2D eigenvalue weighted by molar-refractivity contribution is 6.22. The van der Waals surface area contributed by atoms with Crippen LogP contribution in [-0.2, 0) is 9.57 Å². The molecule has 4 aromatic rings. The van der Waals surface area contributed by atoms with Crippen LogP contribution in [0.4, 0.5) is 5.69 Å². The molecule has 4 rings (SSSR count). The molecule has 1 amide bonds. The number of esters is 1. The molecular formula is C29H30N4O5. The van der Waals surface area contributed by atoms with Crippen LogP contribution in [0.15, 0.2) is 71.7 Å². The number of ether oxygens (including phenoxy) is 1. The summed E-state index contributed by atoms with van der Waals surface area (Å²) >= 11 is 0. The number of aromatic amines is 1. The second-order valence-electron chi connectivity index (χ2n) is 9.01. The van der Waals surface area contributed by atoms with Crippen LogP contribution in [0.2, 0.25) is 0 Å². The van der Waals surface area contributed by atoms with Crippen LogP contribution in [0.1, 0.15) is 37.4 Å². The van der Waals surface area contributed by atoms with Crippen LogP contribution in [0.25, 0.3) is 10.9 Å². The second-order valence-corrected chi connectivity index (χ2v) is 9.01. The van der Waals surface area contributed by atoms with E-state index in [1.165, 1.54) is 7.11 Å². The summed E-state index contributed by atoms with van der Waals surface area (Å²) in [6.45, 7) is 2.88. The lowest BCUT2D eigenvalue weighted by Gasteiger charge is -2.12. The van der Waals surface area contributed by atoms with Gasteiger partial charge in [-0.1, -0.05) is 36.4 Å². The van der Waals surface area contributed by atoms with Crippen LogP contribution >= 0.6 is 0 Å². The Morgan fingerprint density at radius 3 is 2.47 bits per heavy atom. The Hall–Kier alpha value is -4.47. The number of aromatic nitrogens is 1. The molecule has 38 heavy (non-hydrogen) atoms.